The van der Waals surface area contributed by atoms with E-state index in [1.807, 2.05) is 0 Å². The molecule has 0 radical (unpaired) electrons. The Morgan fingerprint density at radius 3 is 1.82 bits per heavy atom. The zero-order valence-electron chi connectivity index (χ0n) is 7.19. The first-order valence-corrected chi connectivity index (χ1v) is 4.59. The van der Waals surface area contributed by atoms with E-state index < -0.39 is 0 Å². The Bertz CT molecular complexity index is 187. The van der Waals surface area contributed by atoms with Crippen molar-refractivity contribution in [2.24, 2.45) is 10.8 Å². The molecule has 3 saturated carbocycles. The number of rotatable bonds is 0. The largest absolute Gasteiger partial charge is 0.198 e. The van der Waals surface area contributed by atoms with Gasteiger partial charge in [0.25, 0.3) is 0 Å². The molecule has 0 unspecified atom stereocenters. The summed E-state index contributed by atoms with van der Waals surface area (Å²) >= 11 is 0. The van der Waals surface area contributed by atoms with E-state index in [1.54, 1.807) is 0 Å². The van der Waals surface area contributed by atoms with Gasteiger partial charge in [-0.25, -0.2) is 0 Å². The topological polar surface area (TPSA) is 23.8 Å². The van der Waals surface area contributed by atoms with Crippen LogP contribution in [-0.4, -0.2) is 0 Å². The fourth-order valence-corrected chi connectivity index (χ4v) is 2.54. The van der Waals surface area contributed by atoms with Crippen LogP contribution in [-0.2, 0) is 0 Å². The van der Waals surface area contributed by atoms with E-state index in [1.165, 1.54) is 38.5 Å². The van der Waals surface area contributed by atoms with Crippen molar-refractivity contribution in [1.82, 2.24) is 0 Å². The Kier molecular flexibility index (Phi) is 1.30. The predicted octanol–water partition coefficient (Wildman–Crippen LogP) is 2.87. The van der Waals surface area contributed by atoms with Crippen LogP contribution in [0.25, 0.3) is 0 Å². The fourth-order valence-electron chi connectivity index (χ4n) is 2.54. The van der Waals surface area contributed by atoms with Crippen molar-refractivity contribution in [3.05, 3.63) is 0 Å². The maximum Gasteiger partial charge on any atom is 0.0689 e. The second kappa shape index (κ2) is 2.00. The standard InChI is InChI=1S/C10H15N/c1-9-2-5-10(8-11,6-3-9)7-4-9/h2-7H2,1H3. The Hall–Kier alpha value is -0.510. The van der Waals surface area contributed by atoms with Crippen molar-refractivity contribution in [2.45, 2.75) is 45.4 Å². The molecule has 0 saturated heterocycles. The molecule has 0 atom stereocenters. The van der Waals surface area contributed by atoms with E-state index >= 15 is 0 Å². The van der Waals surface area contributed by atoms with Gasteiger partial charge in [0.2, 0.25) is 0 Å². The van der Waals surface area contributed by atoms with Crippen LogP contribution < -0.4 is 0 Å². The van der Waals surface area contributed by atoms with Crippen LogP contribution in [0.4, 0.5) is 0 Å². The maximum absolute atomic E-state index is 9.00. The SMILES string of the molecule is CC12CCC(C#N)(CC1)CC2. The van der Waals surface area contributed by atoms with Gasteiger partial charge in [-0.05, 0) is 43.9 Å². The van der Waals surface area contributed by atoms with Gasteiger partial charge < -0.3 is 0 Å². The molecule has 60 valence electrons. The molecule has 3 fully saturated rings. The molecule has 3 aliphatic rings. The highest BCUT2D eigenvalue weighted by atomic mass is 14.5. The first-order chi connectivity index (χ1) is 5.18. The minimum Gasteiger partial charge on any atom is -0.198 e. The van der Waals surface area contributed by atoms with Gasteiger partial charge in [0.15, 0.2) is 0 Å². The first-order valence-electron chi connectivity index (χ1n) is 4.59. The summed E-state index contributed by atoms with van der Waals surface area (Å²) in [5, 5.41) is 9.00. The number of fused-ring (bicyclic) bond motifs is 3. The minimum atomic E-state index is 0.109. The van der Waals surface area contributed by atoms with Crippen LogP contribution in [0, 0.1) is 22.2 Å². The molecule has 2 bridgehead atoms. The van der Waals surface area contributed by atoms with Crippen LogP contribution in [0.5, 0.6) is 0 Å². The van der Waals surface area contributed by atoms with Crippen molar-refractivity contribution < 1.29 is 0 Å². The molecule has 0 N–H and O–H groups in total. The van der Waals surface area contributed by atoms with Crippen molar-refractivity contribution in [1.29, 1.82) is 5.26 Å². The van der Waals surface area contributed by atoms with E-state index in [-0.39, 0.29) is 5.41 Å². The average Bonchev–Trinajstić information content (AvgIpc) is 2.07. The normalized spacial score (nSPS) is 48.7. The van der Waals surface area contributed by atoms with Crippen LogP contribution in [0.15, 0.2) is 0 Å². The van der Waals surface area contributed by atoms with Crippen molar-refractivity contribution in [2.75, 3.05) is 0 Å². The van der Waals surface area contributed by atoms with Gasteiger partial charge in [0, 0.05) is 0 Å². The summed E-state index contributed by atoms with van der Waals surface area (Å²) in [7, 11) is 0. The molecule has 0 heterocycles. The summed E-state index contributed by atoms with van der Waals surface area (Å²) in [6, 6.07) is 2.52. The summed E-state index contributed by atoms with van der Waals surface area (Å²) in [6.07, 6.45) is 7.38. The van der Waals surface area contributed by atoms with Crippen LogP contribution in [0.1, 0.15) is 45.4 Å². The Labute approximate surface area is 68.4 Å². The maximum atomic E-state index is 9.00. The van der Waals surface area contributed by atoms with Crippen LogP contribution >= 0.6 is 0 Å². The third-order valence-electron chi connectivity index (χ3n) is 3.86. The molecule has 0 amide bonds. The third-order valence-corrected chi connectivity index (χ3v) is 3.86. The number of hydrogen-bond acceptors (Lipinski definition) is 1. The van der Waals surface area contributed by atoms with Crippen LogP contribution in [0.3, 0.4) is 0 Å². The van der Waals surface area contributed by atoms with Crippen molar-refractivity contribution >= 4 is 0 Å². The zero-order valence-corrected chi connectivity index (χ0v) is 7.19. The fraction of sp³-hybridized carbons (Fsp3) is 0.900. The van der Waals surface area contributed by atoms with Gasteiger partial charge in [-0.3, -0.25) is 0 Å². The molecular weight excluding hydrogens is 134 g/mol. The van der Waals surface area contributed by atoms with Crippen LogP contribution in [0.2, 0.25) is 0 Å². The Morgan fingerprint density at radius 2 is 1.45 bits per heavy atom. The van der Waals surface area contributed by atoms with Gasteiger partial charge in [0.05, 0.1) is 11.5 Å². The average molecular weight is 149 g/mol. The molecule has 3 rings (SSSR count). The quantitative estimate of drug-likeness (QED) is 0.519. The molecule has 0 aromatic carbocycles. The molecule has 11 heavy (non-hydrogen) atoms. The number of nitriles is 1. The van der Waals surface area contributed by atoms with E-state index in [2.05, 4.69) is 13.0 Å². The number of hydrogen-bond donors (Lipinski definition) is 0. The highest BCUT2D eigenvalue weighted by Gasteiger charge is 2.46. The molecular formula is C10H15N. The second-order valence-corrected chi connectivity index (χ2v) is 4.70. The van der Waals surface area contributed by atoms with E-state index in [0.717, 1.165) is 0 Å². The molecule has 1 nitrogen and oxygen atoms in total. The van der Waals surface area contributed by atoms with Gasteiger partial charge in [0.1, 0.15) is 0 Å². The lowest BCUT2D eigenvalue weighted by molar-refractivity contribution is 0.0410. The molecule has 0 aliphatic heterocycles. The summed E-state index contributed by atoms with van der Waals surface area (Å²) in [4.78, 5) is 0. The summed E-state index contributed by atoms with van der Waals surface area (Å²) in [5.74, 6) is 0. The molecule has 0 aromatic heterocycles. The lowest BCUT2D eigenvalue weighted by Crippen LogP contribution is -2.38. The van der Waals surface area contributed by atoms with E-state index in [4.69, 9.17) is 5.26 Å². The highest BCUT2D eigenvalue weighted by Crippen LogP contribution is 2.56. The van der Waals surface area contributed by atoms with Gasteiger partial charge in [-0.1, -0.05) is 6.92 Å². The lowest BCUT2D eigenvalue weighted by Gasteiger charge is -2.48. The molecule has 0 spiro atoms. The van der Waals surface area contributed by atoms with Gasteiger partial charge in [-0.2, -0.15) is 5.26 Å². The van der Waals surface area contributed by atoms with E-state index in [0.29, 0.717) is 5.41 Å². The molecule has 0 aromatic rings. The van der Waals surface area contributed by atoms with Crippen molar-refractivity contribution in [3.63, 3.8) is 0 Å². The Morgan fingerprint density at radius 1 is 1.00 bits per heavy atom. The second-order valence-electron chi connectivity index (χ2n) is 4.70. The molecule has 1 heteroatoms. The van der Waals surface area contributed by atoms with Crippen molar-refractivity contribution in [3.8, 4) is 6.07 Å². The summed E-state index contributed by atoms with van der Waals surface area (Å²) < 4.78 is 0. The Balaban J connectivity index is 2.20. The van der Waals surface area contributed by atoms with E-state index in [9.17, 15) is 0 Å². The third kappa shape index (κ3) is 0.965. The highest BCUT2D eigenvalue weighted by molar-refractivity contribution is 5.07. The minimum absolute atomic E-state index is 0.109. The summed E-state index contributed by atoms with van der Waals surface area (Å²) in [5.41, 5.74) is 0.719. The number of nitrogens with zero attached hydrogens (tertiary/aromatic N) is 1. The van der Waals surface area contributed by atoms with Gasteiger partial charge in [-0.15, -0.1) is 0 Å². The first kappa shape index (κ1) is 7.16. The summed E-state index contributed by atoms with van der Waals surface area (Å²) in [6.45, 7) is 2.38. The monoisotopic (exact) mass is 149 g/mol. The molecule has 3 aliphatic carbocycles. The zero-order chi connectivity index (χ0) is 7.95. The predicted molar refractivity (Wildman–Crippen MR) is 43.9 cm³/mol. The smallest absolute Gasteiger partial charge is 0.0689 e. The van der Waals surface area contributed by atoms with Gasteiger partial charge >= 0.3 is 0 Å². The lowest BCUT2D eigenvalue weighted by atomic mass is 9.55.